The Hall–Kier alpha value is -0.930. The molecule has 0 unspecified atom stereocenters. The number of halogens is 1. The molecule has 0 bridgehead atoms. The lowest BCUT2D eigenvalue weighted by Gasteiger charge is -2.17. The topological polar surface area (TPSA) is 12.5 Å². The van der Waals surface area contributed by atoms with E-state index in [0.717, 1.165) is 30.1 Å². The zero-order valence-corrected chi connectivity index (χ0v) is 11.1. The van der Waals surface area contributed by atoms with Crippen molar-refractivity contribution in [3.63, 3.8) is 0 Å². The third-order valence-corrected chi connectivity index (χ3v) is 2.66. The van der Waals surface area contributed by atoms with E-state index >= 15 is 0 Å². The Morgan fingerprint density at radius 1 is 1.29 bits per heavy atom. The number of rotatable bonds is 6. The summed E-state index contributed by atoms with van der Waals surface area (Å²) in [6, 6.07) is 5.21. The van der Waals surface area contributed by atoms with Crippen LogP contribution in [-0.2, 0) is 11.3 Å². The standard InChI is InChI=1S/C14H21FNO/c1-11(2)13-7-12(8-14(15)9-13)10-16(3)5-6-17-4/h7-9H,5-6,10H2,1-4H3. The molecule has 1 radical (unpaired) electrons. The molecule has 2 nitrogen and oxygen atoms in total. The minimum Gasteiger partial charge on any atom is -0.383 e. The van der Waals surface area contributed by atoms with Crippen molar-refractivity contribution < 1.29 is 9.13 Å². The largest absolute Gasteiger partial charge is 0.383 e. The normalized spacial score (nSPS) is 11.5. The van der Waals surface area contributed by atoms with Crippen LogP contribution in [0.3, 0.4) is 0 Å². The van der Waals surface area contributed by atoms with E-state index in [1.165, 1.54) is 0 Å². The van der Waals surface area contributed by atoms with E-state index in [-0.39, 0.29) is 5.82 Å². The number of likely N-dealkylation sites (N-methyl/N-ethyl adjacent to an activating group) is 1. The summed E-state index contributed by atoms with van der Waals surface area (Å²) in [6.07, 6.45) is 0. The molecular weight excluding hydrogens is 217 g/mol. The predicted octanol–water partition coefficient (Wildman–Crippen LogP) is 2.87. The first-order chi connectivity index (χ1) is 8.02. The van der Waals surface area contributed by atoms with Crippen molar-refractivity contribution in [1.82, 2.24) is 4.90 Å². The molecule has 0 aromatic heterocycles. The summed E-state index contributed by atoms with van der Waals surface area (Å²) in [5.41, 5.74) is 1.97. The van der Waals surface area contributed by atoms with Crippen LogP contribution >= 0.6 is 0 Å². The Labute approximate surface area is 103 Å². The summed E-state index contributed by atoms with van der Waals surface area (Å²) in [6.45, 7) is 6.26. The second kappa shape index (κ2) is 6.72. The van der Waals surface area contributed by atoms with E-state index in [0.29, 0.717) is 6.61 Å². The third kappa shape index (κ3) is 4.84. The SMILES string of the molecule is COCCN(C)Cc1cc(F)cc([C](C)C)c1. The molecule has 95 valence electrons. The van der Waals surface area contributed by atoms with E-state index in [2.05, 4.69) is 4.90 Å². The highest BCUT2D eigenvalue weighted by Gasteiger charge is 2.06. The number of ether oxygens (including phenoxy) is 1. The Kier molecular flexibility index (Phi) is 5.59. The van der Waals surface area contributed by atoms with Crippen molar-refractivity contribution in [2.75, 3.05) is 27.3 Å². The smallest absolute Gasteiger partial charge is 0.123 e. The minimum absolute atomic E-state index is 0.168. The molecular formula is C14H21FNO. The lowest BCUT2D eigenvalue weighted by atomic mass is 10.0. The number of hydrogen-bond donors (Lipinski definition) is 0. The summed E-state index contributed by atoms with van der Waals surface area (Å²) in [4.78, 5) is 2.12. The first-order valence-corrected chi connectivity index (χ1v) is 5.80. The van der Waals surface area contributed by atoms with E-state index in [4.69, 9.17) is 4.74 Å². The van der Waals surface area contributed by atoms with Crippen molar-refractivity contribution in [2.24, 2.45) is 0 Å². The molecule has 0 aliphatic rings. The molecule has 3 heteroatoms. The molecule has 0 spiro atoms. The Morgan fingerprint density at radius 2 is 2.00 bits per heavy atom. The summed E-state index contributed by atoms with van der Waals surface area (Å²) in [5.74, 6) is 0.962. The molecule has 0 saturated carbocycles. The molecule has 0 aliphatic heterocycles. The van der Waals surface area contributed by atoms with Gasteiger partial charge in [0.1, 0.15) is 5.82 Å². The van der Waals surface area contributed by atoms with Crippen LogP contribution in [-0.4, -0.2) is 32.2 Å². The van der Waals surface area contributed by atoms with Gasteiger partial charge < -0.3 is 4.74 Å². The van der Waals surface area contributed by atoms with Crippen molar-refractivity contribution in [3.8, 4) is 0 Å². The van der Waals surface area contributed by atoms with Crippen LogP contribution in [0.15, 0.2) is 18.2 Å². The van der Waals surface area contributed by atoms with Gasteiger partial charge in [-0.05, 0) is 36.2 Å². The van der Waals surface area contributed by atoms with E-state index in [9.17, 15) is 4.39 Å². The number of benzene rings is 1. The maximum absolute atomic E-state index is 13.4. The van der Waals surface area contributed by atoms with Gasteiger partial charge in [0.25, 0.3) is 0 Å². The van der Waals surface area contributed by atoms with Gasteiger partial charge in [0.05, 0.1) is 6.61 Å². The second-order valence-electron chi connectivity index (χ2n) is 4.58. The van der Waals surface area contributed by atoms with E-state index < -0.39 is 0 Å². The van der Waals surface area contributed by atoms with Gasteiger partial charge in [-0.3, -0.25) is 4.90 Å². The molecule has 0 amide bonds. The highest BCUT2D eigenvalue weighted by molar-refractivity contribution is 5.33. The molecule has 1 aromatic rings. The molecule has 0 aliphatic carbocycles. The average molecular weight is 238 g/mol. The molecule has 1 rings (SSSR count). The predicted molar refractivity (Wildman–Crippen MR) is 68.3 cm³/mol. The highest BCUT2D eigenvalue weighted by Crippen LogP contribution is 2.18. The summed E-state index contributed by atoms with van der Waals surface area (Å²) >= 11 is 0. The first-order valence-electron chi connectivity index (χ1n) is 5.80. The lowest BCUT2D eigenvalue weighted by molar-refractivity contribution is 0.158. The van der Waals surface area contributed by atoms with Crippen LogP contribution in [0.4, 0.5) is 4.39 Å². The first kappa shape index (κ1) is 14.1. The molecule has 1 aromatic carbocycles. The van der Waals surface area contributed by atoms with Crippen LogP contribution in [0, 0.1) is 11.7 Å². The third-order valence-electron chi connectivity index (χ3n) is 2.66. The fourth-order valence-corrected chi connectivity index (χ4v) is 1.67. The number of hydrogen-bond acceptors (Lipinski definition) is 2. The van der Waals surface area contributed by atoms with Gasteiger partial charge in [0, 0.05) is 20.2 Å². The van der Waals surface area contributed by atoms with Crippen LogP contribution in [0.1, 0.15) is 25.0 Å². The molecule has 17 heavy (non-hydrogen) atoms. The summed E-state index contributed by atoms with van der Waals surface area (Å²) in [7, 11) is 3.69. The fraction of sp³-hybridized carbons (Fsp3) is 0.500. The Morgan fingerprint density at radius 3 is 2.59 bits per heavy atom. The molecule has 0 fully saturated rings. The van der Waals surface area contributed by atoms with Gasteiger partial charge in [-0.2, -0.15) is 0 Å². The minimum atomic E-state index is -0.168. The van der Waals surface area contributed by atoms with Crippen molar-refractivity contribution in [1.29, 1.82) is 0 Å². The second-order valence-corrected chi connectivity index (χ2v) is 4.58. The highest BCUT2D eigenvalue weighted by atomic mass is 19.1. The van der Waals surface area contributed by atoms with Crippen LogP contribution in [0.2, 0.25) is 0 Å². The van der Waals surface area contributed by atoms with Gasteiger partial charge in [0.2, 0.25) is 0 Å². The number of nitrogens with zero attached hydrogens (tertiary/aromatic N) is 1. The maximum atomic E-state index is 13.4. The Bertz CT molecular complexity index is 352. The van der Waals surface area contributed by atoms with Crippen LogP contribution in [0.25, 0.3) is 0 Å². The molecule has 0 atom stereocenters. The van der Waals surface area contributed by atoms with Gasteiger partial charge in [0.15, 0.2) is 0 Å². The van der Waals surface area contributed by atoms with E-state index in [1.54, 1.807) is 19.2 Å². The van der Waals surface area contributed by atoms with Gasteiger partial charge in [-0.1, -0.05) is 19.9 Å². The fourth-order valence-electron chi connectivity index (χ4n) is 1.67. The Balaban J connectivity index is 2.70. The molecule has 0 N–H and O–H groups in total. The quantitative estimate of drug-likeness (QED) is 0.755. The summed E-state index contributed by atoms with van der Waals surface area (Å²) in [5, 5.41) is 0. The molecule has 0 heterocycles. The summed E-state index contributed by atoms with van der Waals surface area (Å²) < 4.78 is 18.4. The van der Waals surface area contributed by atoms with Crippen molar-refractivity contribution in [2.45, 2.75) is 20.4 Å². The van der Waals surface area contributed by atoms with Crippen LogP contribution < -0.4 is 0 Å². The van der Waals surface area contributed by atoms with Crippen molar-refractivity contribution in [3.05, 3.63) is 41.1 Å². The van der Waals surface area contributed by atoms with Crippen molar-refractivity contribution >= 4 is 0 Å². The molecule has 0 saturated heterocycles. The lowest BCUT2D eigenvalue weighted by Crippen LogP contribution is -2.22. The van der Waals surface area contributed by atoms with Crippen LogP contribution in [0.5, 0.6) is 0 Å². The van der Waals surface area contributed by atoms with E-state index in [1.807, 2.05) is 27.0 Å². The zero-order chi connectivity index (χ0) is 12.8. The zero-order valence-electron chi connectivity index (χ0n) is 11.1. The maximum Gasteiger partial charge on any atom is 0.123 e. The monoisotopic (exact) mass is 238 g/mol. The van der Waals surface area contributed by atoms with Gasteiger partial charge in [-0.25, -0.2) is 4.39 Å². The average Bonchev–Trinajstić information content (AvgIpc) is 2.25. The van der Waals surface area contributed by atoms with Gasteiger partial charge in [-0.15, -0.1) is 0 Å². The van der Waals surface area contributed by atoms with Gasteiger partial charge >= 0.3 is 0 Å². The number of methoxy groups -OCH3 is 1.